The van der Waals surface area contributed by atoms with E-state index in [1.54, 1.807) is 19.1 Å². The molecule has 30 heavy (non-hydrogen) atoms. The fraction of sp³-hybridized carbons (Fsp3) is 0.500. The highest BCUT2D eigenvalue weighted by Gasteiger charge is 2.11. The minimum atomic E-state index is 0.212. The number of hydroxylamine groups is 1. The van der Waals surface area contributed by atoms with Gasteiger partial charge in [0, 0.05) is 18.6 Å². The van der Waals surface area contributed by atoms with Crippen LogP contribution in [0.25, 0.3) is 0 Å². The van der Waals surface area contributed by atoms with Gasteiger partial charge in [0.05, 0.1) is 13.2 Å². The number of nitrogens with two attached hydrogens (primary N) is 1. The SMILES string of the molecule is CC.CCC(C)ON(CCCN)Sc1ccc(OC)cc1.CO.Cc1ccccc1. The molecule has 0 aromatic heterocycles. The molecule has 0 aliphatic carbocycles. The lowest BCUT2D eigenvalue weighted by Crippen LogP contribution is -2.24. The van der Waals surface area contributed by atoms with Gasteiger partial charge in [-0.2, -0.15) is 0 Å². The van der Waals surface area contributed by atoms with Crippen LogP contribution in [0.15, 0.2) is 59.5 Å². The highest BCUT2D eigenvalue weighted by atomic mass is 32.2. The molecule has 2 aromatic rings. The number of hydrogen-bond acceptors (Lipinski definition) is 6. The fourth-order valence-electron chi connectivity index (χ4n) is 1.90. The summed E-state index contributed by atoms with van der Waals surface area (Å²) in [4.78, 5) is 7.00. The minimum Gasteiger partial charge on any atom is -0.497 e. The van der Waals surface area contributed by atoms with Gasteiger partial charge in [0.25, 0.3) is 0 Å². The second-order valence-electron chi connectivity index (χ2n) is 5.94. The lowest BCUT2D eigenvalue weighted by Gasteiger charge is -2.23. The number of aryl methyl sites for hydroxylation is 1. The van der Waals surface area contributed by atoms with Crippen LogP contribution in [0.1, 0.15) is 46.1 Å². The zero-order valence-corrected chi connectivity index (χ0v) is 20.6. The van der Waals surface area contributed by atoms with Gasteiger partial charge in [-0.05, 0) is 69.4 Å². The zero-order valence-electron chi connectivity index (χ0n) is 19.8. The quantitative estimate of drug-likeness (QED) is 0.386. The van der Waals surface area contributed by atoms with Gasteiger partial charge in [-0.3, -0.25) is 4.84 Å². The lowest BCUT2D eigenvalue weighted by atomic mass is 10.2. The Labute approximate surface area is 188 Å². The molecule has 0 fully saturated rings. The Morgan fingerprint density at radius 3 is 2.00 bits per heavy atom. The van der Waals surface area contributed by atoms with Crippen molar-refractivity contribution < 1.29 is 14.7 Å². The molecule has 1 atom stereocenters. The lowest BCUT2D eigenvalue weighted by molar-refractivity contribution is -0.119. The summed E-state index contributed by atoms with van der Waals surface area (Å²) in [5, 5.41) is 7.00. The normalized spacial score (nSPS) is 10.5. The molecule has 2 rings (SSSR count). The third-order valence-corrected chi connectivity index (χ3v) is 4.58. The fourth-order valence-corrected chi connectivity index (χ4v) is 2.81. The van der Waals surface area contributed by atoms with Gasteiger partial charge in [-0.15, -0.1) is 4.47 Å². The van der Waals surface area contributed by atoms with E-state index in [9.17, 15) is 0 Å². The van der Waals surface area contributed by atoms with Crippen LogP contribution in [0, 0.1) is 6.92 Å². The maximum atomic E-state index is 7.00. The minimum absolute atomic E-state index is 0.212. The highest BCUT2D eigenvalue weighted by molar-refractivity contribution is 7.96. The van der Waals surface area contributed by atoms with Crippen LogP contribution in [-0.4, -0.2) is 43.0 Å². The highest BCUT2D eigenvalue weighted by Crippen LogP contribution is 2.26. The van der Waals surface area contributed by atoms with Crippen LogP contribution in [0.5, 0.6) is 5.75 Å². The molecule has 172 valence electrons. The zero-order chi connectivity index (χ0) is 23.2. The van der Waals surface area contributed by atoms with Crippen LogP contribution in [0.4, 0.5) is 0 Å². The summed E-state index contributed by atoms with van der Waals surface area (Å²) in [6, 6.07) is 18.2. The summed E-state index contributed by atoms with van der Waals surface area (Å²) in [6.45, 7) is 11.8. The van der Waals surface area contributed by atoms with Crippen molar-refractivity contribution in [1.82, 2.24) is 4.47 Å². The van der Waals surface area contributed by atoms with Crippen LogP contribution in [-0.2, 0) is 4.84 Å². The van der Waals surface area contributed by atoms with Crippen molar-refractivity contribution >= 4 is 11.9 Å². The van der Waals surface area contributed by atoms with Gasteiger partial charge in [0.2, 0.25) is 0 Å². The summed E-state index contributed by atoms with van der Waals surface area (Å²) in [7, 11) is 2.67. The topological polar surface area (TPSA) is 68.0 Å². The third-order valence-electron chi connectivity index (χ3n) is 3.62. The molecule has 0 saturated carbocycles. The molecule has 1 unspecified atom stereocenters. The Hall–Kier alpha value is -1.57. The molecule has 0 saturated heterocycles. The van der Waals surface area contributed by atoms with Crippen LogP contribution < -0.4 is 10.5 Å². The van der Waals surface area contributed by atoms with Gasteiger partial charge in [0.15, 0.2) is 0 Å². The van der Waals surface area contributed by atoms with E-state index < -0.39 is 0 Å². The van der Waals surface area contributed by atoms with E-state index in [0.29, 0.717) is 6.54 Å². The molecule has 0 spiro atoms. The molecule has 0 amide bonds. The average Bonchev–Trinajstić information content (AvgIpc) is 2.81. The molecule has 2 aromatic carbocycles. The Morgan fingerprint density at radius 2 is 1.60 bits per heavy atom. The second-order valence-corrected chi connectivity index (χ2v) is 7.01. The number of methoxy groups -OCH3 is 1. The Kier molecular flexibility index (Phi) is 22.6. The van der Waals surface area contributed by atoms with Crippen molar-refractivity contribution in [2.75, 3.05) is 27.3 Å². The van der Waals surface area contributed by atoms with Crippen LogP contribution >= 0.6 is 11.9 Å². The van der Waals surface area contributed by atoms with Crippen molar-refractivity contribution in [2.45, 2.75) is 58.5 Å². The van der Waals surface area contributed by atoms with Crippen molar-refractivity contribution in [3.8, 4) is 5.75 Å². The summed E-state index contributed by atoms with van der Waals surface area (Å²) in [5.41, 5.74) is 6.89. The maximum Gasteiger partial charge on any atom is 0.118 e. The predicted octanol–water partition coefficient (Wildman–Crippen LogP) is 5.71. The second kappa shape index (κ2) is 22.1. The average molecular weight is 439 g/mol. The first-order valence-corrected chi connectivity index (χ1v) is 11.3. The number of hydrogen-bond donors (Lipinski definition) is 2. The van der Waals surface area contributed by atoms with Crippen molar-refractivity contribution in [2.24, 2.45) is 5.73 Å². The van der Waals surface area contributed by atoms with Crippen molar-refractivity contribution in [1.29, 1.82) is 0 Å². The summed E-state index contributed by atoms with van der Waals surface area (Å²) in [6.07, 6.45) is 2.12. The molecule has 5 nitrogen and oxygen atoms in total. The first kappa shape index (κ1) is 30.6. The van der Waals surface area contributed by atoms with E-state index in [2.05, 4.69) is 32.9 Å². The smallest absolute Gasteiger partial charge is 0.118 e. The summed E-state index contributed by atoms with van der Waals surface area (Å²) < 4.78 is 7.07. The summed E-state index contributed by atoms with van der Waals surface area (Å²) >= 11 is 1.59. The van der Waals surface area contributed by atoms with E-state index in [1.807, 2.05) is 60.8 Å². The molecule has 3 N–H and O–H groups in total. The number of nitrogens with zero attached hydrogens (tertiary/aromatic N) is 1. The van der Waals surface area contributed by atoms with E-state index >= 15 is 0 Å². The van der Waals surface area contributed by atoms with Gasteiger partial charge in [0.1, 0.15) is 5.75 Å². The van der Waals surface area contributed by atoms with Crippen molar-refractivity contribution in [3.05, 3.63) is 60.2 Å². The number of benzene rings is 2. The number of ether oxygens (including phenoxy) is 1. The molecule has 0 aliphatic rings. The molecule has 0 aliphatic heterocycles. The van der Waals surface area contributed by atoms with Gasteiger partial charge >= 0.3 is 0 Å². The Morgan fingerprint density at radius 1 is 1.03 bits per heavy atom. The monoisotopic (exact) mass is 438 g/mol. The largest absolute Gasteiger partial charge is 0.497 e. The molecular formula is C24H42N2O3S. The van der Waals surface area contributed by atoms with Crippen LogP contribution in [0.2, 0.25) is 0 Å². The number of aliphatic hydroxyl groups excluding tert-OH is 1. The first-order valence-electron chi connectivity index (χ1n) is 10.5. The number of rotatable bonds is 9. The summed E-state index contributed by atoms with van der Waals surface area (Å²) in [5.74, 6) is 0.862. The van der Waals surface area contributed by atoms with E-state index in [4.69, 9.17) is 20.4 Å². The van der Waals surface area contributed by atoms with E-state index in [1.165, 1.54) is 5.56 Å². The van der Waals surface area contributed by atoms with E-state index in [0.717, 1.165) is 37.1 Å². The standard InChI is InChI=1S/C14H24N2O2S.C7H8.C2H6.CH4O/c1-4-12(2)18-16(11-5-10-15)19-14-8-6-13(17-3)7-9-14;1-7-5-3-2-4-6-7;2*1-2/h6-9,12H,4-5,10-11,15H2,1-3H3;2-6H,1H3;1-2H3;2H,1H3. The van der Waals surface area contributed by atoms with Gasteiger partial charge in [-0.1, -0.05) is 56.7 Å². The number of aliphatic hydroxyl groups is 1. The Balaban J connectivity index is 0. The van der Waals surface area contributed by atoms with Gasteiger partial charge in [-0.25, -0.2) is 0 Å². The van der Waals surface area contributed by atoms with Gasteiger partial charge < -0.3 is 15.6 Å². The van der Waals surface area contributed by atoms with Crippen LogP contribution in [0.3, 0.4) is 0 Å². The predicted molar refractivity (Wildman–Crippen MR) is 131 cm³/mol. The molecule has 0 radical (unpaired) electrons. The van der Waals surface area contributed by atoms with Crippen molar-refractivity contribution in [3.63, 3.8) is 0 Å². The molecule has 0 bridgehead atoms. The molecule has 0 heterocycles. The first-order chi connectivity index (χ1) is 14.6. The third kappa shape index (κ3) is 16.3. The molecular weight excluding hydrogens is 396 g/mol. The maximum absolute atomic E-state index is 7.00. The Bertz CT molecular complexity index is 583. The molecule has 6 heteroatoms. The van der Waals surface area contributed by atoms with E-state index in [-0.39, 0.29) is 6.10 Å².